The van der Waals surface area contributed by atoms with E-state index in [4.69, 9.17) is 11.6 Å². The minimum absolute atomic E-state index is 0.0621. The van der Waals surface area contributed by atoms with Crippen molar-refractivity contribution < 1.29 is 22.7 Å². The maximum absolute atomic E-state index is 13.5. The van der Waals surface area contributed by atoms with E-state index in [-0.39, 0.29) is 17.0 Å². The van der Waals surface area contributed by atoms with Crippen molar-refractivity contribution in [3.8, 4) is 0 Å². The van der Waals surface area contributed by atoms with Crippen LogP contribution < -0.4 is 0 Å². The van der Waals surface area contributed by atoms with E-state index in [9.17, 15) is 22.7 Å². The van der Waals surface area contributed by atoms with E-state index in [1.807, 2.05) is 0 Å². The first-order valence-corrected chi connectivity index (χ1v) is 6.02. The van der Waals surface area contributed by atoms with E-state index in [0.717, 1.165) is 12.1 Å². The van der Waals surface area contributed by atoms with Crippen LogP contribution in [0.5, 0.6) is 0 Å². The third-order valence-corrected chi connectivity index (χ3v) is 3.18. The van der Waals surface area contributed by atoms with Gasteiger partial charge in [-0.1, -0.05) is 17.7 Å². The highest BCUT2D eigenvalue weighted by Gasteiger charge is 2.18. The van der Waals surface area contributed by atoms with E-state index < -0.39 is 29.4 Å². The summed E-state index contributed by atoms with van der Waals surface area (Å²) in [4.78, 5) is 0. The molecule has 1 atom stereocenters. The van der Waals surface area contributed by atoms with Crippen molar-refractivity contribution in [2.24, 2.45) is 0 Å². The Hall–Kier alpha value is -1.59. The number of aliphatic hydroxyl groups excluding tert-OH is 1. The number of rotatable bonds is 3. The molecule has 0 saturated carbocycles. The smallest absolute Gasteiger partial charge is 0.161 e. The van der Waals surface area contributed by atoms with Gasteiger partial charge in [0.05, 0.1) is 6.10 Å². The van der Waals surface area contributed by atoms with Gasteiger partial charge in [0.1, 0.15) is 11.6 Å². The van der Waals surface area contributed by atoms with Gasteiger partial charge in [0.25, 0.3) is 0 Å². The molecule has 0 saturated heterocycles. The molecule has 0 aliphatic heterocycles. The molecule has 2 rings (SSSR count). The summed E-state index contributed by atoms with van der Waals surface area (Å²) in [6.07, 6.45) is -1.57. The summed E-state index contributed by atoms with van der Waals surface area (Å²) in [5, 5.41) is 9.94. The number of aliphatic hydroxyl groups is 1. The molecule has 2 aromatic rings. The molecule has 0 bridgehead atoms. The highest BCUT2D eigenvalue weighted by atomic mass is 35.5. The fourth-order valence-corrected chi connectivity index (χ4v) is 2.04. The Bertz CT molecular complexity index is 645. The van der Waals surface area contributed by atoms with Crippen LogP contribution in [-0.4, -0.2) is 5.11 Å². The lowest BCUT2D eigenvalue weighted by molar-refractivity contribution is 0.172. The van der Waals surface area contributed by atoms with Gasteiger partial charge < -0.3 is 5.11 Å². The lowest BCUT2D eigenvalue weighted by Gasteiger charge is -2.13. The average Bonchev–Trinajstić information content (AvgIpc) is 2.37. The summed E-state index contributed by atoms with van der Waals surface area (Å²) in [6.45, 7) is 0. The van der Waals surface area contributed by atoms with E-state index in [1.54, 1.807) is 0 Å². The lowest BCUT2D eigenvalue weighted by atomic mass is 10.0. The van der Waals surface area contributed by atoms with Crippen molar-refractivity contribution >= 4 is 11.6 Å². The van der Waals surface area contributed by atoms with Crippen molar-refractivity contribution in [1.29, 1.82) is 0 Å². The molecule has 0 heterocycles. The molecular weight excluding hydrogens is 296 g/mol. The molecule has 0 radical (unpaired) electrons. The predicted molar refractivity (Wildman–Crippen MR) is 66.4 cm³/mol. The predicted octanol–water partition coefficient (Wildman–Crippen LogP) is 4.17. The number of hydrogen-bond acceptors (Lipinski definition) is 1. The molecule has 0 aliphatic carbocycles. The van der Waals surface area contributed by atoms with Crippen LogP contribution in [0.2, 0.25) is 5.02 Å². The van der Waals surface area contributed by atoms with E-state index >= 15 is 0 Å². The molecule has 0 amide bonds. The van der Waals surface area contributed by atoms with Gasteiger partial charge >= 0.3 is 0 Å². The number of halogens is 5. The minimum Gasteiger partial charge on any atom is -0.388 e. The van der Waals surface area contributed by atoms with Gasteiger partial charge in [-0.25, -0.2) is 17.6 Å². The largest absolute Gasteiger partial charge is 0.388 e. The highest BCUT2D eigenvalue weighted by molar-refractivity contribution is 6.31. The van der Waals surface area contributed by atoms with Gasteiger partial charge in [-0.3, -0.25) is 0 Å². The molecule has 0 aliphatic rings. The third kappa shape index (κ3) is 3.11. The first-order chi connectivity index (χ1) is 9.38. The van der Waals surface area contributed by atoms with Crippen LogP contribution in [0.3, 0.4) is 0 Å². The molecule has 1 unspecified atom stereocenters. The number of hydrogen-bond donors (Lipinski definition) is 1. The van der Waals surface area contributed by atoms with Crippen LogP contribution >= 0.6 is 11.6 Å². The zero-order valence-corrected chi connectivity index (χ0v) is 10.8. The number of benzene rings is 2. The fraction of sp³-hybridized carbons (Fsp3) is 0.143. The molecule has 1 nitrogen and oxygen atoms in total. The lowest BCUT2D eigenvalue weighted by Crippen LogP contribution is -2.06. The van der Waals surface area contributed by atoms with Crippen LogP contribution in [0.1, 0.15) is 17.2 Å². The second kappa shape index (κ2) is 5.81. The van der Waals surface area contributed by atoms with Crippen LogP contribution in [0.25, 0.3) is 0 Å². The molecule has 0 spiro atoms. The van der Waals surface area contributed by atoms with Gasteiger partial charge in [0.2, 0.25) is 0 Å². The molecule has 0 aromatic heterocycles. The minimum atomic E-state index is -1.42. The topological polar surface area (TPSA) is 20.2 Å². The monoisotopic (exact) mass is 304 g/mol. The molecule has 6 heteroatoms. The summed E-state index contributed by atoms with van der Waals surface area (Å²) in [6, 6.07) is 4.46. The van der Waals surface area contributed by atoms with Crippen molar-refractivity contribution in [3.63, 3.8) is 0 Å². The third-order valence-electron chi connectivity index (χ3n) is 2.83. The first-order valence-electron chi connectivity index (χ1n) is 5.65. The quantitative estimate of drug-likeness (QED) is 0.666. The van der Waals surface area contributed by atoms with E-state index in [0.29, 0.717) is 17.7 Å². The fourth-order valence-electron chi connectivity index (χ4n) is 1.80. The first kappa shape index (κ1) is 14.8. The summed E-state index contributed by atoms with van der Waals surface area (Å²) in [7, 11) is 0. The maximum Gasteiger partial charge on any atom is 0.161 e. The Morgan fingerprint density at radius 3 is 2.25 bits per heavy atom. The Labute approximate surface area is 117 Å². The van der Waals surface area contributed by atoms with Crippen molar-refractivity contribution in [2.75, 3.05) is 0 Å². The van der Waals surface area contributed by atoms with Crippen molar-refractivity contribution in [1.82, 2.24) is 0 Å². The van der Waals surface area contributed by atoms with Crippen molar-refractivity contribution in [2.45, 2.75) is 12.5 Å². The van der Waals surface area contributed by atoms with Crippen LogP contribution in [0.15, 0.2) is 30.3 Å². The highest BCUT2D eigenvalue weighted by Crippen LogP contribution is 2.27. The molecule has 0 fully saturated rings. The second-order valence-corrected chi connectivity index (χ2v) is 4.65. The molecular formula is C14H9ClF4O. The molecule has 2 aromatic carbocycles. The summed E-state index contributed by atoms with van der Waals surface area (Å²) >= 11 is 5.78. The average molecular weight is 305 g/mol. The maximum atomic E-state index is 13.5. The SMILES string of the molecule is OC(Cc1ccc(F)cc1Cl)c1cc(F)c(F)cc1F. The van der Waals surface area contributed by atoms with E-state index in [1.165, 1.54) is 6.07 Å². The summed E-state index contributed by atoms with van der Waals surface area (Å²) in [5.74, 6) is -4.20. The Kier molecular flexibility index (Phi) is 4.30. The zero-order chi connectivity index (χ0) is 14.9. The normalized spacial score (nSPS) is 12.5. The summed E-state index contributed by atoms with van der Waals surface area (Å²) in [5.41, 5.74) is -0.0195. The molecule has 20 heavy (non-hydrogen) atoms. The Morgan fingerprint density at radius 1 is 0.950 bits per heavy atom. The van der Waals surface area contributed by atoms with Crippen molar-refractivity contribution in [3.05, 3.63) is 69.8 Å². The van der Waals surface area contributed by atoms with Crippen LogP contribution in [0, 0.1) is 23.3 Å². The standard InChI is InChI=1S/C14H9ClF4O/c15-10-4-8(16)2-1-7(10)3-14(20)9-5-12(18)13(19)6-11(9)17/h1-2,4-6,14,20H,3H2. The van der Waals surface area contributed by atoms with Gasteiger partial charge in [-0.2, -0.15) is 0 Å². The zero-order valence-electron chi connectivity index (χ0n) is 10.0. The van der Waals surface area contributed by atoms with Crippen LogP contribution in [0.4, 0.5) is 17.6 Å². The van der Waals surface area contributed by atoms with E-state index in [2.05, 4.69) is 0 Å². The van der Waals surface area contributed by atoms with Crippen LogP contribution in [-0.2, 0) is 6.42 Å². The Morgan fingerprint density at radius 2 is 1.60 bits per heavy atom. The van der Waals surface area contributed by atoms with Gasteiger partial charge in [-0.15, -0.1) is 0 Å². The Balaban J connectivity index is 2.28. The molecule has 1 N–H and O–H groups in total. The second-order valence-electron chi connectivity index (χ2n) is 4.24. The van der Waals surface area contributed by atoms with Gasteiger partial charge in [0, 0.05) is 23.1 Å². The molecule has 106 valence electrons. The summed E-state index contributed by atoms with van der Waals surface area (Å²) < 4.78 is 52.2. The van der Waals surface area contributed by atoms with Gasteiger partial charge in [-0.05, 0) is 23.8 Å². The van der Waals surface area contributed by atoms with Gasteiger partial charge in [0.15, 0.2) is 11.6 Å².